The summed E-state index contributed by atoms with van der Waals surface area (Å²) < 4.78 is 10.9. The number of rotatable bonds is 3. The predicted molar refractivity (Wildman–Crippen MR) is 57.6 cm³/mol. The maximum absolute atomic E-state index is 11.3. The fourth-order valence-electron chi connectivity index (χ4n) is 1.39. The van der Waals surface area contributed by atoms with Crippen LogP contribution in [0.15, 0.2) is 12.2 Å². The van der Waals surface area contributed by atoms with E-state index in [0.29, 0.717) is 18.7 Å². The van der Waals surface area contributed by atoms with E-state index in [1.54, 1.807) is 6.92 Å². The third-order valence-corrected chi connectivity index (χ3v) is 2.68. The van der Waals surface area contributed by atoms with E-state index in [2.05, 4.69) is 11.9 Å². The second-order valence-corrected chi connectivity index (χ2v) is 4.17. The Hall–Kier alpha value is -0.870. The van der Waals surface area contributed by atoms with Gasteiger partial charge in [-0.25, -0.2) is 4.79 Å². The summed E-state index contributed by atoms with van der Waals surface area (Å²) in [6.45, 7) is 11.1. The fourth-order valence-corrected chi connectivity index (χ4v) is 1.39. The number of carbonyl (C=O) groups is 1. The van der Waals surface area contributed by atoms with Crippen LogP contribution in [-0.2, 0) is 14.3 Å². The van der Waals surface area contributed by atoms with E-state index >= 15 is 0 Å². The van der Waals surface area contributed by atoms with Crippen LogP contribution in [0.3, 0.4) is 0 Å². The molecule has 0 aliphatic carbocycles. The van der Waals surface area contributed by atoms with Gasteiger partial charge in [0.05, 0.1) is 6.61 Å². The number of hydrogen-bond acceptors (Lipinski definition) is 4. The van der Waals surface area contributed by atoms with Gasteiger partial charge in [-0.3, -0.25) is 0 Å². The van der Waals surface area contributed by atoms with Gasteiger partial charge >= 0.3 is 5.97 Å². The molecule has 4 heteroatoms. The minimum absolute atomic E-state index is 0.283. The van der Waals surface area contributed by atoms with Crippen LogP contribution >= 0.6 is 0 Å². The molecular weight excluding hydrogens is 194 g/mol. The second-order valence-electron chi connectivity index (χ2n) is 4.17. The number of morpholine rings is 1. The SMILES string of the molecule is C=C(C)C(=O)OC(C)C1(C)CNCCO1. The minimum atomic E-state index is -0.441. The molecule has 2 unspecified atom stereocenters. The van der Waals surface area contributed by atoms with Gasteiger partial charge in [0.2, 0.25) is 0 Å². The Labute approximate surface area is 90.6 Å². The van der Waals surface area contributed by atoms with Crippen molar-refractivity contribution in [2.45, 2.75) is 32.5 Å². The lowest BCUT2D eigenvalue weighted by Crippen LogP contribution is -2.55. The number of nitrogens with one attached hydrogen (secondary N) is 1. The molecule has 0 amide bonds. The Balaban J connectivity index is 2.54. The van der Waals surface area contributed by atoms with E-state index in [1.807, 2.05) is 13.8 Å². The highest BCUT2D eigenvalue weighted by atomic mass is 16.6. The third kappa shape index (κ3) is 3.04. The highest BCUT2D eigenvalue weighted by Crippen LogP contribution is 2.20. The smallest absolute Gasteiger partial charge is 0.333 e. The molecule has 1 rings (SSSR count). The topological polar surface area (TPSA) is 47.6 Å². The van der Waals surface area contributed by atoms with Gasteiger partial charge in [-0.15, -0.1) is 0 Å². The van der Waals surface area contributed by atoms with Crippen molar-refractivity contribution in [1.82, 2.24) is 5.32 Å². The van der Waals surface area contributed by atoms with Crippen LogP contribution in [0.25, 0.3) is 0 Å². The van der Waals surface area contributed by atoms with Gasteiger partial charge in [-0.05, 0) is 20.8 Å². The number of hydrogen-bond donors (Lipinski definition) is 1. The van der Waals surface area contributed by atoms with Crippen molar-refractivity contribution < 1.29 is 14.3 Å². The molecule has 4 nitrogen and oxygen atoms in total. The average Bonchev–Trinajstić information content (AvgIpc) is 2.18. The van der Waals surface area contributed by atoms with Gasteiger partial charge in [0.1, 0.15) is 11.7 Å². The third-order valence-electron chi connectivity index (χ3n) is 2.68. The maximum atomic E-state index is 11.3. The van der Waals surface area contributed by atoms with Gasteiger partial charge < -0.3 is 14.8 Å². The lowest BCUT2D eigenvalue weighted by Gasteiger charge is -2.38. The van der Waals surface area contributed by atoms with Crippen molar-refractivity contribution in [2.24, 2.45) is 0 Å². The first-order valence-electron chi connectivity index (χ1n) is 5.17. The summed E-state index contributed by atoms with van der Waals surface area (Å²) >= 11 is 0. The molecule has 1 saturated heterocycles. The first-order valence-corrected chi connectivity index (χ1v) is 5.17. The zero-order valence-corrected chi connectivity index (χ0v) is 9.63. The van der Waals surface area contributed by atoms with Crippen LogP contribution in [-0.4, -0.2) is 37.4 Å². The standard InChI is InChI=1S/C11H19NO3/c1-8(2)10(13)15-9(3)11(4)7-12-5-6-14-11/h9,12H,1,5-7H2,2-4H3. The van der Waals surface area contributed by atoms with Crippen LogP contribution in [0.4, 0.5) is 0 Å². The summed E-state index contributed by atoms with van der Waals surface area (Å²) in [7, 11) is 0. The van der Waals surface area contributed by atoms with Crippen molar-refractivity contribution in [2.75, 3.05) is 19.7 Å². The molecule has 1 heterocycles. The highest BCUT2D eigenvalue weighted by Gasteiger charge is 2.36. The Kier molecular flexibility index (Phi) is 3.88. The summed E-state index contributed by atoms with van der Waals surface area (Å²) in [5, 5.41) is 3.22. The zero-order chi connectivity index (χ0) is 11.5. The Morgan fingerprint density at radius 2 is 2.33 bits per heavy atom. The highest BCUT2D eigenvalue weighted by molar-refractivity contribution is 5.87. The van der Waals surface area contributed by atoms with Gasteiger partial charge in [-0.1, -0.05) is 6.58 Å². The predicted octanol–water partition coefficient (Wildman–Crippen LogP) is 0.873. The molecule has 0 spiro atoms. The van der Waals surface area contributed by atoms with Crippen LogP contribution in [0.2, 0.25) is 0 Å². The molecule has 1 fully saturated rings. The van der Waals surface area contributed by atoms with Gasteiger partial charge in [0, 0.05) is 18.7 Å². The van der Waals surface area contributed by atoms with Gasteiger partial charge in [0.15, 0.2) is 0 Å². The first kappa shape index (κ1) is 12.2. The van der Waals surface area contributed by atoms with Crippen LogP contribution < -0.4 is 5.32 Å². The van der Waals surface area contributed by atoms with Crippen molar-refractivity contribution in [3.05, 3.63) is 12.2 Å². The van der Waals surface area contributed by atoms with Crippen molar-refractivity contribution in [3.8, 4) is 0 Å². The Morgan fingerprint density at radius 1 is 1.67 bits per heavy atom. The normalized spacial score (nSPS) is 28.2. The summed E-state index contributed by atoms with van der Waals surface area (Å²) in [4.78, 5) is 11.3. The molecule has 0 aromatic rings. The van der Waals surface area contributed by atoms with Gasteiger partial charge in [0.25, 0.3) is 0 Å². The fraction of sp³-hybridized carbons (Fsp3) is 0.727. The lowest BCUT2D eigenvalue weighted by atomic mass is 9.99. The molecular formula is C11H19NO3. The quantitative estimate of drug-likeness (QED) is 0.558. The molecule has 2 atom stereocenters. The number of carbonyl (C=O) groups excluding carboxylic acids is 1. The molecule has 0 aromatic heterocycles. The van der Waals surface area contributed by atoms with Crippen molar-refractivity contribution in [3.63, 3.8) is 0 Å². The largest absolute Gasteiger partial charge is 0.456 e. The van der Waals surface area contributed by atoms with Crippen LogP contribution in [0.1, 0.15) is 20.8 Å². The second kappa shape index (κ2) is 4.77. The van der Waals surface area contributed by atoms with Gasteiger partial charge in [-0.2, -0.15) is 0 Å². The monoisotopic (exact) mass is 213 g/mol. The van der Waals surface area contributed by atoms with Crippen LogP contribution in [0.5, 0.6) is 0 Å². The van der Waals surface area contributed by atoms with E-state index < -0.39 is 5.60 Å². The number of esters is 1. The molecule has 0 aromatic carbocycles. The minimum Gasteiger partial charge on any atom is -0.456 e. The van der Waals surface area contributed by atoms with Crippen molar-refractivity contribution >= 4 is 5.97 Å². The molecule has 1 N–H and O–H groups in total. The van der Waals surface area contributed by atoms with Crippen molar-refractivity contribution in [1.29, 1.82) is 0 Å². The summed E-state index contributed by atoms with van der Waals surface area (Å²) in [5.74, 6) is -0.363. The van der Waals surface area contributed by atoms with E-state index in [-0.39, 0.29) is 12.1 Å². The molecule has 0 radical (unpaired) electrons. The zero-order valence-electron chi connectivity index (χ0n) is 9.63. The Morgan fingerprint density at radius 3 is 2.80 bits per heavy atom. The number of ether oxygens (including phenoxy) is 2. The summed E-state index contributed by atoms with van der Waals surface area (Å²) in [6.07, 6.45) is -0.283. The first-order chi connectivity index (χ1) is 6.96. The molecule has 1 aliphatic heterocycles. The van der Waals surface area contributed by atoms with Crippen LogP contribution in [0, 0.1) is 0 Å². The van der Waals surface area contributed by atoms with E-state index in [1.165, 1.54) is 0 Å². The summed E-state index contributed by atoms with van der Waals surface area (Å²) in [6, 6.07) is 0. The molecule has 0 saturated carbocycles. The Bertz CT molecular complexity index is 257. The lowest BCUT2D eigenvalue weighted by molar-refractivity contribution is -0.168. The van der Waals surface area contributed by atoms with E-state index in [4.69, 9.17) is 9.47 Å². The maximum Gasteiger partial charge on any atom is 0.333 e. The van der Waals surface area contributed by atoms with E-state index in [9.17, 15) is 4.79 Å². The molecule has 86 valence electrons. The molecule has 0 bridgehead atoms. The average molecular weight is 213 g/mol. The summed E-state index contributed by atoms with van der Waals surface area (Å²) in [5.41, 5.74) is -0.0298. The molecule has 1 aliphatic rings. The van der Waals surface area contributed by atoms with E-state index in [0.717, 1.165) is 6.54 Å². The molecule has 15 heavy (non-hydrogen) atoms.